The Bertz CT molecular complexity index is 702. The maximum Gasteiger partial charge on any atom is 0.323 e. The molecule has 0 saturated heterocycles. The highest BCUT2D eigenvalue weighted by Crippen LogP contribution is 2.16. The van der Waals surface area contributed by atoms with Gasteiger partial charge >= 0.3 is 5.97 Å². The first-order valence-corrected chi connectivity index (χ1v) is 7.77. The van der Waals surface area contributed by atoms with Gasteiger partial charge in [-0.2, -0.15) is 0 Å². The topological polar surface area (TPSA) is 78.1 Å². The summed E-state index contributed by atoms with van der Waals surface area (Å²) in [5.41, 5.74) is 9.46. The summed E-state index contributed by atoms with van der Waals surface area (Å²) in [7, 11) is 0. The molecule has 2 N–H and O–H groups in total. The number of hydrogen-bond donors (Lipinski definition) is 1. The zero-order valence-corrected chi connectivity index (χ0v) is 14.4. The molecular weight excluding hydrogens is 337 g/mol. The molecule has 2 aromatic rings. The fourth-order valence-corrected chi connectivity index (χ4v) is 2.51. The smallest absolute Gasteiger partial charge is 0.323 e. The Labute approximate surface area is 144 Å². The highest BCUT2D eigenvalue weighted by atomic mass is 35.5. The molecule has 0 spiro atoms. The first-order chi connectivity index (χ1) is 10.8. The van der Waals surface area contributed by atoms with Crippen molar-refractivity contribution >= 4 is 29.2 Å². The second-order valence-electron chi connectivity index (χ2n) is 5.29. The second-order valence-corrected chi connectivity index (χ2v) is 6.06. The molecule has 0 radical (unpaired) electrons. The van der Waals surface area contributed by atoms with Crippen molar-refractivity contribution in [3.63, 3.8) is 0 Å². The normalized spacial score (nSPS) is 12.0. The molecule has 2 aromatic heterocycles. The lowest BCUT2D eigenvalue weighted by atomic mass is 10.1. The van der Waals surface area contributed by atoms with Gasteiger partial charge in [-0.1, -0.05) is 29.3 Å². The predicted molar refractivity (Wildman–Crippen MR) is 89.4 cm³/mol. The molecule has 23 heavy (non-hydrogen) atoms. The van der Waals surface area contributed by atoms with Crippen LogP contribution in [0.5, 0.6) is 0 Å². The van der Waals surface area contributed by atoms with E-state index in [4.69, 9.17) is 33.7 Å². The zero-order chi connectivity index (χ0) is 17.0. The molecule has 0 bridgehead atoms. The van der Waals surface area contributed by atoms with Gasteiger partial charge in [0.25, 0.3) is 0 Å². The third-order valence-electron chi connectivity index (χ3n) is 3.36. The SMILES string of the molecule is Cc1cc(C[C@H](N)C(=O)OCc2cc(Cl)nc(Cl)c2)cnc1C. The summed E-state index contributed by atoms with van der Waals surface area (Å²) < 4.78 is 5.20. The van der Waals surface area contributed by atoms with Crippen LogP contribution in [0, 0.1) is 13.8 Å². The van der Waals surface area contributed by atoms with Gasteiger partial charge in [-0.3, -0.25) is 9.78 Å². The van der Waals surface area contributed by atoms with Crippen LogP contribution >= 0.6 is 23.2 Å². The number of carbonyl (C=O) groups excluding carboxylic acids is 1. The maximum absolute atomic E-state index is 12.0. The predicted octanol–water partition coefficient (Wildman–Crippen LogP) is 3.01. The molecular formula is C16H17Cl2N3O2. The van der Waals surface area contributed by atoms with E-state index in [9.17, 15) is 4.79 Å². The molecule has 0 aromatic carbocycles. The molecule has 7 heteroatoms. The molecule has 0 aliphatic rings. The van der Waals surface area contributed by atoms with Crippen LogP contribution in [0.3, 0.4) is 0 Å². The minimum absolute atomic E-state index is 0.0413. The summed E-state index contributed by atoms with van der Waals surface area (Å²) in [5.74, 6) is -0.493. The molecule has 2 heterocycles. The highest BCUT2D eigenvalue weighted by molar-refractivity contribution is 6.32. The third-order valence-corrected chi connectivity index (χ3v) is 3.75. The van der Waals surface area contributed by atoms with Crippen LogP contribution in [0.15, 0.2) is 24.4 Å². The summed E-state index contributed by atoms with van der Waals surface area (Å²) in [6.45, 7) is 3.94. The number of rotatable bonds is 5. The molecule has 1 atom stereocenters. The number of nitrogens with two attached hydrogens (primary N) is 1. The van der Waals surface area contributed by atoms with E-state index in [0.717, 1.165) is 16.8 Å². The van der Waals surface area contributed by atoms with Crippen LogP contribution in [-0.2, 0) is 22.6 Å². The Kier molecular flexibility index (Phi) is 5.93. The lowest BCUT2D eigenvalue weighted by Gasteiger charge is -2.12. The van der Waals surface area contributed by atoms with Gasteiger partial charge in [0, 0.05) is 11.9 Å². The summed E-state index contributed by atoms with van der Waals surface area (Å²) in [6, 6.07) is 4.38. The summed E-state index contributed by atoms with van der Waals surface area (Å²) in [6.07, 6.45) is 2.09. The fourth-order valence-electron chi connectivity index (χ4n) is 2.01. The van der Waals surface area contributed by atoms with Gasteiger partial charge in [-0.25, -0.2) is 4.98 Å². The Hall–Kier alpha value is -1.69. The average molecular weight is 354 g/mol. The van der Waals surface area contributed by atoms with Crippen LogP contribution in [-0.4, -0.2) is 22.0 Å². The number of hydrogen-bond acceptors (Lipinski definition) is 5. The number of pyridine rings is 2. The van der Waals surface area contributed by atoms with E-state index in [-0.39, 0.29) is 16.9 Å². The highest BCUT2D eigenvalue weighted by Gasteiger charge is 2.16. The Balaban J connectivity index is 1.93. The van der Waals surface area contributed by atoms with Gasteiger partial charge in [0.1, 0.15) is 23.0 Å². The van der Waals surface area contributed by atoms with E-state index in [0.29, 0.717) is 12.0 Å². The van der Waals surface area contributed by atoms with Crippen molar-refractivity contribution in [2.75, 3.05) is 0 Å². The van der Waals surface area contributed by atoms with Gasteiger partial charge in [-0.15, -0.1) is 0 Å². The number of ether oxygens (including phenoxy) is 1. The molecule has 0 amide bonds. The van der Waals surface area contributed by atoms with Crippen LogP contribution in [0.4, 0.5) is 0 Å². The van der Waals surface area contributed by atoms with E-state index < -0.39 is 12.0 Å². The van der Waals surface area contributed by atoms with E-state index in [1.165, 1.54) is 0 Å². The van der Waals surface area contributed by atoms with Gasteiger partial charge < -0.3 is 10.5 Å². The van der Waals surface area contributed by atoms with Crippen molar-refractivity contribution in [3.05, 3.63) is 57.1 Å². The summed E-state index contributed by atoms with van der Waals surface area (Å²) in [4.78, 5) is 20.1. The van der Waals surface area contributed by atoms with E-state index in [1.807, 2.05) is 19.9 Å². The fraction of sp³-hybridized carbons (Fsp3) is 0.312. The Morgan fingerprint density at radius 2 is 1.87 bits per heavy atom. The first kappa shape index (κ1) is 17.7. The first-order valence-electron chi connectivity index (χ1n) is 7.01. The maximum atomic E-state index is 12.0. The van der Waals surface area contributed by atoms with Gasteiger partial charge in [-0.05, 0) is 49.1 Å². The van der Waals surface area contributed by atoms with Crippen LogP contribution in [0.25, 0.3) is 0 Å². The van der Waals surface area contributed by atoms with E-state index in [1.54, 1.807) is 18.3 Å². The molecule has 5 nitrogen and oxygen atoms in total. The number of nitrogens with zero attached hydrogens (tertiary/aromatic N) is 2. The van der Waals surface area contributed by atoms with Crippen LogP contribution < -0.4 is 5.73 Å². The molecule has 0 unspecified atom stereocenters. The van der Waals surface area contributed by atoms with Crippen LogP contribution in [0.2, 0.25) is 10.3 Å². The van der Waals surface area contributed by atoms with Crippen molar-refractivity contribution in [3.8, 4) is 0 Å². The van der Waals surface area contributed by atoms with Crippen molar-refractivity contribution in [1.82, 2.24) is 9.97 Å². The van der Waals surface area contributed by atoms with Crippen molar-refractivity contribution in [2.45, 2.75) is 32.9 Å². The van der Waals surface area contributed by atoms with Crippen molar-refractivity contribution in [1.29, 1.82) is 0 Å². The molecule has 0 fully saturated rings. The summed E-state index contributed by atoms with van der Waals surface area (Å²) in [5, 5.41) is 0.489. The average Bonchev–Trinajstić information content (AvgIpc) is 2.47. The lowest BCUT2D eigenvalue weighted by Crippen LogP contribution is -2.34. The number of esters is 1. The Morgan fingerprint density at radius 1 is 1.22 bits per heavy atom. The second kappa shape index (κ2) is 7.73. The van der Waals surface area contributed by atoms with E-state index >= 15 is 0 Å². The van der Waals surface area contributed by atoms with Gasteiger partial charge in [0.2, 0.25) is 0 Å². The molecule has 0 aliphatic carbocycles. The van der Waals surface area contributed by atoms with Gasteiger partial charge in [0.15, 0.2) is 0 Å². The number of aromatic nitrogens is 2. The number of carbonyl (C=O) groups is 1. The monoisotopic (exact) mass is 353 g/mol. The van der Waals surface area contributed by atoms with Crippen molar-refractivity contribution in [2.24, 2.45) is 5.73 Å². The minimum Gasteiger partial charge on any atom is -0.460 e. The molecule has 0 aliphatic heterocycles. The Morgan fingerprint density at radius 3 is 2.48 bits per heavy atom. The standard InChI is InChI=1S/C16H17Cl2N3O2/c1-9-3-11(7-20-10(9)2)4-13(19)16(22)23-8-12-5-14(17)21-15(18)6-12/h3,5-7,13H,4,8,19H2,1-2H3/t13-/m0/s1. The zero-order valence-electron chi connectivity index (χ0n) is 12.8. The number of aryl methyl sites for hydroxylation is 2. The molecule has 122 valence electrons. The quantitative estimate of drug-likeness (QED) is 0.660. The third kappa shape index (κ3) is 5.16. The minimum atomic E-state index is -0.758. The molecule has 0 saturated carbocycles. The largest absolute Gasteiger partial charge is 0.460 e. The summed E-state index contributed by atoms with van der Waals surface area (Å²) >= 11 is 11.6. The van der Waals surface area contributed by atoms with E-state index in [2.05, 4.69) is 9.97 Å². The lowest BCUT2D eigenvalue weighted by molar-refractivity contribution is -0.146. The van der Waals surface area contributed by atoms with Crippen LogP contribution in [0.1, 0.15) is 22.4 Å². The van der Waals surface area contributed by atoms with Crippen molar-refractivity contribution < 1.29 is 9.53 Å². The molecule has 2 rings (SSSR count). The van der Waals surface area contributed by atoms with Gasteiger partial charge in [0.05, 0.1) is 0 Å². The number of halogens is 2.